The monoisotopic (exact) mass is 247 g/mol. The van der Waals surface area contributed by atoms with Crippen LogP contribution in [-0.4, -0.2) is 9.38 Å². The van der Waals surface area contributed by atoms with Crippen molar-refractivity contribution < 1.29 is 0 Å². The Morgan fingerprint density at radius 1 is 1.16 bits per heavy atom. The molecule has 0 unspecified atom stereocenters. The van der Waals surface area contributed by atoms with Gasteiger partial charge in [-0.1, -0.05) is 29.8 Å². The van der Waals surface area contributed by atoms with E-state index in [-0.39, 0.29) is 0 Å². The summed E-state index contributed by atoms with van der Waals surface area (Å²) in [4.78, 5) is 4.48. The first-order valence-corrected chi connectivity index (χ1v) is 6.18. The Bertz CT molecular complexity index is 761. The van der Waals surface area contributed by atoms with Crippen LogP contribution in [0.2, 0.25) is 0 Å². The maximum atomic E-state index is 8.84. The summed E-state index contributed by atoms with van der Waals surface area (Å²) in [5.41, 5.74) is 5.31. The highest BCUT2D eigenvalue weighted by molar-refractivity contribution is 5.77. The van der Waals surface area contributed by atoms with Crippen molar-refractivity contribution in [3.63, 3.8) is 0 Å². The fourth-order valence-electron chi connectivity index (χ4n) is 2.26. The first-order valence-electron chi connectivity index (χ1n) is 6.18. The largest absolute Gasteiger partial charge is 0.316 e. The van der Waals surface area contributed by atoms with E-state index in [1.54, 1.807) is 6.20 Å². The van der Waals surface area contributed by atoms with E-state index in [2.05, 4.69) is 42.2 Å². The Morgan fingerprint density at radius 3 is 2.68 bits per heavy atom. The molecule has 0 bridgehead atoms. The van der Waals surface area contributed by atoms with Gasteiger partial charge in [0.2, 0.25) is 0 Å². The molecule has 1 aromatic carbocycles. The molecule has 0 aliphatic carbocycles. The molecule has 3 aromatic rings. The second-order valence-electron chi connectivity index (χ2n) is 4.56. The van der Waals surface area contributed by atoms with Gasteiger partial charge in [0.1, 0.15) is 0 Å². The van der Waals surface area contributed by atoms with Crippen molar-refractivity contribution >= 4 is 5.52 Å². The van der Waals surface area contributed by atoms with Gasteiger partial charge in [-0.2, -0.15) is 5.26 Å². The molecule has 19 heavy (non-hydrogen) atoms. The zero-order valence-corrected chi connectivity index (χ0v) is 10.7. The lowest BCUT2D eigenvalue weighted by atomic mass is 10.1. The fourth-order valence-corrected chi connectivity index (χ4v) is 2.26. The predicted octanol–water partition coefficient (Wildman–Crippen LogP) is 3.38. The number of benzene rings is 1. The lowest BCUT2D eigenvalue weighted by molar-refractivity contribution is 1.04. The third-order valence-electron chi connectivity index (χ3n) is 3.25. The minimum absolute atomic E-state index is 0.408. The summed E-state index contributed by atoms with van der Waals surface area (Å²) in [6, 6.07) is 14.5. The van der Waals surface area contributed by atoms with Gasteiger partial charge in [0.05, 0.1) is 23.7 Å². The summed E-state index contributed by atoms with van der Waals surface area (Å²) in [7, 11) is 0. The molecule has 0 fully saturated rings. The van der Waals surface area contributed by atoms with E-state index in [1.165, 1.54) is 5.56 Å². The molecule has 92 valence electrons. The topological polar surface area (TPSA) is 41.1 Å². The molecule has 2 heterocycles. The molecule has 0 saturated carbocycles. The zero-order chi connectivity index (χ0) is 13.2. The minimum atomic E-state index is 0.408. The molecule has 0 atom stereocenters. The van der Waals surface area contributed by atoms with Crippen molar-refractivity contribution in [2.24, 2.45) is 0 Å². The summed E-state index contributed by atoms with van der Waals surface area (Å²) in [6.45, 7) is 2.07. The summed E-state index contributed by atoms with van der Waals surface area (Å²) < 4.78 is 2.03. The van der Waals surface area contributed by atoms with Gasteiger partial charge in [0.25, 0.3) is 0 Å². The van der Waals surface area contributed by atoms with E-state index >= 15 is 0 Å². The van der Waals surface area contributed by atoms with Gasteiger partial charge in [0.15, 0.2) is 0 Å². The normalized spacial score (nSPS) is 10.5. The maximum Gasteiger partial charge on any atom is 0.0942 e. The molecular formula is C16H13N3. The van der Waals surface area contributed by atoms with Crippen LogP contribution in [0.25, 0.3) is 16.8 Å². The van der Waals surface area contributed by atoms with E-state index in [9.17, 15) is 0 Å². The minimum Gasteiger partial charge on any atom is -0.316 e. The first-order chi connectivity index (χ1) is 9.29. The lowest BCUT2D eigenvalue weighted by Gasteiger charge is -2.05. The first kappa shape index (κ1) is 11.5. The third-order valence-corrected chi connectivity index (χ3v) is 3.25. The van der Waals surface area contributed by atoms with Gasteiger partial charge in [-0.15, -0.1) is 0 Å². The standard InChI is InChI=1S/C16H13N3/c1-12-2-4-13(5-3-12)16-15-7-6-14(8-9-17)19(15)11-10-18-16/h2-7,10-11H,8H2,1H3. The Labute approximate surface area is 111 Å². The van der Waals surface area contributed by atoms with Gasteiger partial charge in [0, 0.05) is 23.7 Å². The number of aromatic nitrogens is 2. The van der Waals surface area contributed by atoms with Crippen LogP contribution in [0, 0.1) is 18.3 Å². The van der Waals surface area contributed by atoms with Crippen molar-refractivity contribution in [3.05, 3.63) is 60.0 Å². The van der Waals surface area contributed by atoms with E-state index in [1.807, 2.05) is 22.7 Å². The molecule has 3 heteroatoms. The molecule has 0 aliphatic heterocycles. The Hall–Kier alpha value is -2.60. The molecule has 3 nitrogen and oxygen atoms in total. The summed E-state index contributed by atoms with van der Waals surface area (Å²) in [6.07, 6.45) is 4.09. The molecule has 0 amide bonds. The summed E-state index contributed by atoms with van der Waals surface area (Å²) >= 11 is 0. The van der Waals surface area contributed by atoms with Crippen molar-refractivity contribution in [2.75, 3.05) is 0 Å². The number of hydrogen-bond acceptors (Lipinski definition) is 2. The molecule has 0 aliphatic rings. The van der Waals surface area contributed by atoms with E-state index in [0.29, 0.717) is 6.42 Å². The van der Waals surface area contributed by atoms with Gasteiger partial charge < -0.3 is 4.40 Å². The van der Waals surface area contributed by atoms with Gasteiger partial charge in [-0.05, 0) is 19.1 Å². The van der Waals surface area contributed by atoms with Crippen LogP contribution >= 0.6 is 0 Å². The predicted molar refractivity (Wildman–Crippen MR) is 74.7 cm³/mol. The number of fused-ring (bicyclic) bond motifs is 1. The average molecular weight is 247 g/mol. The fraction of sp³-hybridized carbons (Fsp3) is 0.125. The van der Waals surface area contributed by atoms with Crippen LogP contribution in [0.1, 0.15) is 11.3 Å². The van der Waals surface area contributed by atoms with Gasteiger partial charge in [-0.3, -0.25) is 4.98 Å². The van der Waals surface area contributed by atoms with Crippen LogP contribution in [0.4, 0.5) is 0 Å². The highest BCUT2D eigenvalue weighted by Gasteiger charge is 2.08. The number of nitriles is 1. The van der Waals surface area contributed by atoms with Crippen LogP contribution in [0.3, 0.4) is 0 Å². The molecule has 0 saturated heterocycles. The summed E-state index contributed by atoms with van der Waals surface area (Å²) in [5.74, 6) is 0. The van der Waals surface area contributed by atoms with E-state index in [4.69, 9.17) is 5.26 Å². The third kappa shape index (κ3) is 1.98. The van der Waals surface area contributed by atoms with Crippen LogP contribution < -0.4 is 0 Å². The molecule has 0 spiro atoms. The van der Waals surface area contributed by atoms with Crippen molar-refractivity contribution in [1.82, 2.24) is 9.38 Å². The maximum absolute atomic E-state index is 8.84. The van der Waals surface area contributed by atoms with Crippen LogP contribution in [0.15, 0.2) is 48.8 Å². The quantitative estimate of drug-likeness (QED) is 0.696. The average Bonchev–Trinajstić information content (AvgIpc) is 2.84. The number of rotatable bonds is 2. The highest BCUT2D eigenvalue weighted by Crippen LogP contribution is 2.24. The number of hydrogen-bond donors (Lipinski definition) is 0. The lowest BCUT2D eigenvalue weighted by Crippen LogP contribution is -1.94. The molecule has 0 radical (unpaired) electrons. The number of nitrogens with zero attached hydrogens (tertiary/aromatic N) is 3. The Kier molecular flexibility index (Phi) is 2.77. The molecule has 3 rings (SSSR count). The van der Waals surface area contributed by atoms with Crippen LogP contribution in [0.5, 0.6) is 0 Å². The second-order valence-corrected chi connectivity index (χ2v) is 4.56. The Morgan fingerprint density at radius 2 is 1.95 bits per heavy atom. The highest BCUT2D eigenvalue weighted by atomic mass is 14.9. The van der Waals surface area contributed by atoms with Crippen molar-refractivity contribution in [2.45, 2.75) is 13.3 Å². The van der Waals surface area contributed by atoms with E-state index in [0.717, 1.165) is 22.5 Å². The van der Waals surface area contributed by atoms with Gasteiger partial charge in [-0.25, -0.2) is 0 Å². The number of aryl methyl sites for hydroxylation is 1. The van der Waals surface area contributed by atoms with Gasteiger partial charge >= 0.3 is 0 Å². The molecular weight excluding hydrogens is 234 g/mol. The SMILES string of the molecule is Cc1ccc(-c2nccn3c(CC#N)ccc23)cc1. The van der Waals surface area contributed by atoms with Crippen LogP contribution in [-0.2, 0) is 6.42 Å². The molecule has 0 N–H and O–H groups in total. The van der Waals surface area contributed by atoms with Crippen molar-refractivity contribution in [1.29, 1.82) is 5.26 Å². The zero-order valence-electron chi connectivity index (χ0n) is 10.7. The van der Waals surface area contributed by atoms with E-state index < -0.39 is 0 Å². The summed E-state index contributed by atoms with van der Waals surface area (Å²) in [5, 5.41) is 8.84. The second kappa shape index (κ2) is 4.58. The molecule has 2 aromatic heterocycles. The van der Waals surface area contributed by atoms with Crippen molar-refractivity contribution in [3.8, 4) is 17.3 Å². The Balaban J connectivity index is 2.20. The smallest absolute Gasteiger partial charge is 0.0942 e.